The topological polar surface area (TPSA) is 22.1 Å². The average Bonchev–Trinajstić information content (AvgIpc) is 2.04. The molecule has 1 rings (SSSR count). The highest BCUT2D eigenvalue weighted by molar-refractivity contribution is 6.44. The summed E-state index contributed by atoms with van der Waals surface area (Å²) in [6.07, 6.45) is 1.62. The van der Waals surface area contributed by atoms with Gasteiger partial charge in [0.1, 0.15) is 10.6 Å². The number of nitrogens with zero attached hydrogens (tertiary/aromatic N) is 1. The summed E-state index contributed by atoms with van der Waals surface area (Å²) in [7, 11) is 1.60. The Morgan fingerprint density at radius 1 is 1.50 bits per heavy atom. The molecule has 0 aliphatic heterocycles. The molecule has 0 N–H and O–H groups in total. The number of methoxy groups -OCH3 is 1. The summed E-state index contributed by atoms with van der Waals surface area (Å²) >= 11 is 11.4. The Morgan fingerprint density at radius 3 is 2.67 bits per heavy atom. The van der Waals surface area contributed by atoms with Crippen LogP contribution in [0.15, 0.2) is 12.3 Å². The van der Waals surface area contributed by atoms with Crippen molar-refractivity contribution in [2.45, 2.75) is 11.8 Å². The van der Waals surface area contributed by atoms with Crippen LogP contribution in [0, 0.1) is 6.92 Å². The van der Waals surface area contributed by atoms with E-state index < -0.39 is 4.84 Å². The van der Waals surface area contributed by atoms with E-state index in [-0.39, 0.29) is 0 Å². The van der Waals surface area contributed by atoms with Gasteiger partial charge < -0.3 is 4.74 Å². The van der Waals surface area contributed by atoms with Gasteiger partial charge in [0.15, 0.2) is 0 Å². The van der Waals surface area contributed by atoms with Gasteiger partial charge in [-0.3, -0.25) is 4.98 Å². The van der Waals surface area contributed by atoms with Gasteiger partial charge >= 0.3 is 0 Å². The predicted octanol–water partition coefficient (Wildman–Crippen LogP) is 2.87. The first-order chi connectivity index (χ1) is 5.66. The Hall–Kier alpha value is -0.470. The van der Waals surface area contributed by atoms with Gasteiger partial charge in [0.25, 0.3) is 0 Å². The first-order valence-corrected chi connectivity index (χ1v) is 4.31. The van der Waals surface area contributed by atoms with Crippen LogP contribution in [0.25, 0.3) is 0 Å². The van der Waals surface area contributed by atoms with Gasteiger partial charge in [-0.05, 0) is 13.0 Å². The van der Waals surface area contributed by atoms with Crippen molar-refractivity contribution in [1.29, 1.82) is 0 Å². The van der Waals surface area contributed by atoms with Crippen molar-refractivity contribution in [3.63, 3.8) is 0 Å². The van der Waals surface area contributed by atoms with Crippen molar-refractivity contribution in [1.82, 2.24) is 4.98 Å². The third-order valence-electron chi connectivity index (χ3n) is 1.62. The van der Waals surface area contributed by atoms with Gasteiger partial charge in [0.2, 0.25) is 0 Å². The molecular formula is C8H9Cl2NO. The number of aromatic nitrogens is 1. The molecule has 0 aliphatic carbocycles. The minimum atomic E-state index is -0.597. The molecule has 0 fully saturated rings. The van der Waals surface area contributed by atoms with Crippen LogP contribution in [0.1, 0.15) is 16.1 Å². The van der Waals surface area contributed by atoms with Crippen LogP contribution in [-0.2, 0) is 0 Å². The zero-order chi connectivity index (χ0) is 9.14. The van der Waals surface area contributed by atoms with Crippen molar-refractivity contribution < 1.29 is 4.74 Å². The lowest BCUT2D eigenvalue weighted by molar-refractivity contribution is 0.410. The van der Waals surface area contributed by atoms with Gasteiger partial charge in [-0.1, -0.05) is 23.2 Å². The highest BCUT2D eigenvalue weighted by Gasteiger charge is 2.11. The maximum absolute atomic E-state index is 5.68. The summed E-state index contributed by atoms with van der Waals surface area (Å²) in [5.41, 5.74) is 1.53. The van der Waals surface area contributed by atoms with Crippen LogP contribution in [0.5, 0.6) is 5.75 Å². The van der Waals surface area contributed by atoms with E-state index in [1.807, 2.05) is 6.92 Å². The monoisotopic (exact) mass is 205 g/mol. The average molecular weight is 206 g/mol. The lowest BCUT2D eigenvalue weighted by Gasteiger charge is -2.08. The van der Waals surface area contributed by atoms with Gasteiger partial charge in [0, 0.05) is 11.8 Å². The molecule has 0 aromatic carbocycles. The van der Waals surface area contributed by atoms with Crippen LogP contribution >= 0.6 is 23.2 Å². The molecule has 0 radical (unpaired) electrons. The molecule has 2 nitrogen and oxygen atoms in total. The molecule has 1 aromatic heterocycles. The second-order valence-corrected chi connectivity index (χ2v) is 3.42. The van der Waals surface area contributed by atoms with Crippen molar-refractivity contribution in [3.05, 3.63) is 23.5 Å². The Morgan fingerprint density at radius 2 is 2.17 bits per heavy atom. The maximum Gasteiger partial charge on any atom is 0.149 e. The van der Waals surface area contributed by atoms with Gasteiger partial charge in [-0.25, -0.2) is 0 Å². The second-order valence-electron chi connectivity index (χ2n) is 2.32. The summed E-state index contributed by atoms with van der Waals surface area (Å²) in [5, 5.41) is 0. The number of ether oxygens (including phenoxy) is 1. The van der Waals surface area contributed by atoms with Crippen molar-refractivity contribution >= 4 is 23.2 Å². The third-order valence-corrected chi connectivity index (χ3v) is 2.03. The minimum absolute atomic E-state index is 0.597. The summed E-state index contributed by atoms with van der Waals surface area (Å²) in [5.74, 6) is 0.756. The summed E-state index contributed by atoms with van der Waals surface area (Å²) in [4.78, 5) is 3.45. The quantitative estimate of drug-likeness (QED) is 0.694. The van der Waals surface area contributed by atoms with Crippen molar-refractivity contribution in [2.24, 2.45) is 0 Å². The lowest BCUT2D eigenvalue weighted by atomic mass is 10.2. The Labute approximate surface area is 81.5 Å². The van der Waals surface area contributed by atoms with E-state index in [0.717, 1.165) is 11.3 Å². The molecule has 4 heteroatoms. The predicted molar refractivity (Wildman–Crippen MR) is 50.0 cm³/mol. The van der Waals surface area contributed by atoms with E-state index in [2.05, 4.69) is 4.98 Å². The summed E-state index contributed by atoms with van der Waals surface area (Å²) < 4.78 is 5.08. The molecule has 0 bridgehead atoms. The molecule has 1 aromatic rings. The molecule has 0 unspecified atom stereocenters. The largest absolute Gasteiger partial charge is 0.496 e. The zero-order valence-corrected chi connectivity index (χ0v) is 8.36. The lowest BCUT2D eigenvalue weighted by Crippen LogP contribution is -1.96. The van der Waals surface area contributed by atoms with E-state index >= 15 is 0 Å². The molecule has 0 aliphatic rings. The smallest absolute Gasteiger partial charge is 0.149 e. The first kappa shape index (κ1) is 9.62. The van der Waals surface area contributed by atoms with Gasteiger partial charge in [-0.2, -0.15) is 0 Å². The third kappa shape index (κ3) is 1.82. The summed E-state index contributed by atoms with van der Waals surface area (Å²) in [6, 6.07) is 1.77. The van der Waals surface area contributed by atoms with Gasteiger partial charge in [0.05, 0.1) is 12.8 Å². The Balaban J connectivity index is 3.14. The number of pyridine rings is 1. The standard InChI is InChI=1S/C8H9Cl2NO/c1-5-6(12-2)3-4-11-7(5)8(9)10/h3-4,8H,1-2H3. The fourth-order valence-electron chi connectivity index (χ4n) is 0.974. The van der Waals surface area contributed by atoms with Crippen molar-refractivity contribution in [3.8, 4) is 5.75 Å². The SMILES string of the molecule is COc1ccnc(C(Cl)Cl)c1C. The fourth-order valence-corrected chi connectivity index (χ4v) is 1.41. The summed E-state index contributed by atoms with van der Waals surface area (Å²) in [6.45, 7) is 1.87. The molecular weight excluding hydrogens is 197 g/mol. The van der Waals surface area contributed by atoms with E-state index in [9.17, 15) is 0 Å². The molecule has 12 heavy (non-hydrogen) atoms. The van der Waals surface area contributed by atoms with Crippen LogP contribution in [-0.4, -0.2) is 12.1 Å². The molecule has 0 atom stereocenters. The normalized spacial score (nSPS) is 10.4. The molecule has 0 spiro atoms. The molecule has 0 saturated carbocycles. The number of rotatable bonds is 2. The fraction of sp³-hybridized carbons (Fsp3) is 0.375. The Kier molecular flexibility index (Phi) is 3.18. The van der Waals surface area contributed by atoms with Crippen LogP contribution < -0.4 is 4.74 Å². The minimum Gasteiger partial charge on any atom is -0.496 e. The number of alkyl halides is 2. The number of hydrogen-bond acceptors (Lipinski definition) is 2. The Bertz CT molecular complexity index is 276. The van der Waals surface area contributed by atoms with E-state index in [1.54, 1.807) is 19.4 Å². The molecule has 0 saturated heterocycles. The van der Waals surface area contributed by atoms with Crippen molar-refractivity contribution in [2.75, 3.05) is 7.11 Å². The zero-order valence-electron chi connectivity index (χ0n) is 6.84. The van der Waals surface area contributed by atoms with Gasteiger partial charge in [-0.15, -0.1) is 0 Å². The first-order valence-electron chi connectivity index (χ1n) is 3.44. The number of halogens is 2. The van der Waals surface area contributed by atoms with Crippen LogP contribution in [0.2, 0.25) is 0 Å². The van der Waals surface area contributed by atoms with E-state index in [1.165, 1.54) is 0 Å². The number of hydrogen-bond donors (Lipinski definition) is 0. The molecule has 66 valence electrons. The van der Waals surface area contributed by atoms with Crippen LogP contribution in [0.4, 0.5) is 0 Å². The second kappa shape index (κ2) is 3.97. The molecule has 1 heterocycles. The maximum atomic E-state index is 5.68. The molecule has 0 amide bonds. The van der Waals surface area contributed by atoms with E-state index in [4.69, 9.17) is 27.9 Å². The van der Waals surface area contributed by atoms with E-state index in [0.29, 0.717) is 5.69 Å². The highest BCUT2D eigenvalue weighted by atomic mass is 35.5. The van der Waals surface area contributed by atoms with Crippen LogP contribution in [0.3, 0.4) is 0 Å². The highest BCUT2D eigenvalue weighted by Crippen LogP contribution is 2.29.